The molecule has 0 aliphatic rings. The van der Waals surface area contributed by atoms with Gasteiger partial charge < -0.3 is 15.8 Å². The minimum absolute atomic E-state index is 0.0700. The summed E-state index contributed by atoms with van der Waals surface area (Å²) in [6.45, 7) is 1.45. The van der Waals surface area contributed by atoms with Crippen LogP contribution in [0, 0.1) is 0 Å². The second-order valence-electron chi connectivity index (χ2n) is 4.38. The van der Waals surface area contributed by atoms with Crippen molar-refractivity contribution in [2.24, 2.45) is 5.73 Å². The minimum atomic E-state index is -1.36. The quantitative estimate of drug-likeness (QED) is 0.555. The Balaban J connectivity index is 2.72. The predicted octanol–water partition coefficient (Wildman–Crippen LogP) is -0.197. The van der Waals surface area contributed by atoms with E-state index in [2.05, 4.69) is 10.1 Å². The van der Waals surface area contributed by atoms with Crippen molar-refractivity contribution >= 4 is 17.7 Å². The molecule has 0 saturated heterocycles. The third-order valence-corrected chi connectivity index (χ3v) is 2.68. The molecule has 3 N–H and O–H groups in total. The molecule has 0 spiro atoms. The largest absolute Gasteiger partial charge is 0.467 e. The Bertz CT molecular complexity index is 485. The van der Waals surface area contributed by atoms with Crippen LogP contribution in [-0.2, 0) is 25.5 Å². The van der Waals surface area contributed by atoms with Gasteiger partial charge in [0.05, 0.1) is 19.6 Å². The van der Waals surface area contributed by atoms with Crippen molar-refractivity contribution in [3.05, 3.63) is 35.9 Å². The smallest absolute Gasteiger partial charge is 0.336 e. The highest BCUT2D eigenvalue weighted by molar-refractivity contribution is 6.07. The number of ether oxygens (including phenoxy) is 1. The van der Waals surface area contributed by atoms with E-state index in [1.807, 2.05) is 6.07 Å². The van der Waals surface area contributed by atoms with E-state index in [1.165, 1.54) is 6.92 Å². The Kier molecular flexibility index (Phi) is 5.86. The molecule has 0 bridgehead atoms. The molecule has 0 heterocycles. The van der Waals surface area contributed by atoms with Gasteiger partial charge in [0.2, 0.25) is 5.91 Å². The van der Waals surface area contributed by atoms with Crippen LogP contribution >= 0.6 is 0 Å². The molecule has 1 rings (SSSR count). The highest BCUT2D eigenvalue weighted by atomic mass is 16.5. The molecule has 108 valence electrons. The zero-order chi connectivity index (χ0) is 15.1. The van der Waals surface area contributed by atoms with Crippen molar-refractivity contribution < 1.29 is 19.1 Å². The van der Waals surface area contributed by atoms with Crippen LogP contribution in [0.25, 0.3) is 0 Å². The van der Waals surface area contributed by atoms with Gasteiger partial charge in [-0.3, -0.25) is 9.59 Å². The summed E-state index contributed by atoms with van der Waals surface area (Å²) >= 11 is 0. The zero-order valence-corrected chi connectivity index (χ0v) is 11.5. The highest BCUT2D eigenvalue weighted by Gasteiger charge is 2.31. The van der Waals surface area contributed by atoms with Crippen LogP contribution in [0.4, 0.5) is 0 Å². The SMILES string of the molecule is COC(=O)C(NC(=O)Cc1ccccc1)C(=O)[C@H](C)N. The molecule has 1 aromatic carbocycles. The fourth-order valence-corrected chi connectivity index (χ4v) is 1.62. The Labute approximate surface area is 117 Å². The van der Waals surface area contributed by atoms with Gasteiger partial charge in [-0.05, 0) is 12.5 Å². The Hall–Kier alpha value is -2.21. The summed E-state index contributed by atoms with van der Waals surface area (Å²) in [7, 11) is 1.15. The number of amides is 1. The third kappa shape index (κ3) is 4.47. The number of benzene rings is 1. The van der Waals surface area contributed by atoms with Crippen molar-refractivity contribution in [3.8, 4) is 0 Å². The molecule has 6 heteroatoms. The van der Waals surface area contributed by atoms with Crippen LogP contribution in [0.3, 0.4) is 0 Å². The first-order valence-corrected chi connectivity index (χ1v) is 6.16. The summed E-state index contributed by atoms with van der Waals surface area (Å²) in [5.41, 5.74) is 6.23. The summed E-state index contributed by atoms with van der Waals surface area (Å²) in [4.78, 5) is 35.2. The van der Waals surface area contributed by atoms with Crippen LogP contribution in [0.1, 0.15) is 12.5 Å². The summed E-state index contributed by atoms with van der Waals surface area (Å²) < 4.78 is 4.50. The average Bonchev–Trinajstić information content (AvgIpc) is 2.44. The first-order valence-electron chi connectivity index (χ1n) is 6.16. The second kappa shape index (κ2) is 7.40. The molecule has 1 aromatic rings. The first-order chi connectivity index (χ1) is 9.45. The van der Waals surface area contributed by atoms with Gasteiger partial charge in [0, 0.05) is 0 Å². The van der Waals surface area contributed by atoms with E-state index in [4.69, 9.17) is 5.73 Å². The molecule has 2 atom stereocenters. The number of ketones is 1. The Morgan fingerprint density at radius 1 is 1.25 bits per heavy atom. The van der Waals surface area contributed by atoms with Gasteiger partial charge in [0.15, 0.2) is 11.8 Å². The lowest BCUT2D eigenvalue weighted by atomic mass is 10.1. The van der Waals surface area contributed by atoms with Gasteiger partial charge in [-0.25, -0.2) is 4.79 Å². The molecule has 0 aromatic heterocycles. The third-order valence-electron chi connectivity index (χ3n) is 2.68. The number of Topliss-reactive ketones (excluding diaryl/α,β-unsaturated/α-hetero) is 1. The van der Waals surface area contributed by atoms with Gasteiger partial charge >= 0.3 is 5.97 Å². The van der Waals surface area contributed by atoms with Crippen molar-refractivity contribution in [1.82, 2.24) is 5.32 Å². The van der Waals surface area contributed by atoms with Crippen molar-refractivity contribution in [1.29, 1.82) is 0 Å². The zero-order valence-electron chi connectivity index (χ0n) is 11.5. The number of hydrogen-bond acceptors (Lipinski definition) is 5. The molecule has 20 heavy (non-hydrogen) atoms. The second-order valence-corrected chi connectivity index (χ2v) is 4.38. The normalized spacial score (nSPS) is 13.2. The Morgan fingerprint density at radius 2 is 1.85 bits per heavy atom. The van der Waals surface area contributed by atoms with Crippen LogP contribution in [0.2, 0.25) is 0 Å². The van der Waals surface area contributed by atoms with E-state index in [0.29, 0.717) is 0 Å². The molecule has 1 amide bonds. The van der Waals surface area contributed by atoms with E-state index in [0.717, 1.165) is 12.7 Å². The number of rotatable bonds is 6. The number of carbonyl (C=O) groups excluding carboxylic acids is 3. The van der Waals surface area contributed by atoms with E-state index >= 15 is 0 Å². The first kappa shape index (κ1) is 15.8. The highest BCUT2D eigenvalue weighted by Crippen LogP contribution is 2.01. The monoisotopic (exact) mass is 278 g/mol. The topological polar surface area (TPSA) is 98.5 Å². The van der Waals surface area contributed by atoms with E-state index in [1.54, 1.807) is 24.3 Å². The maximum Gasteiger partial charge on any atom is 0.336 e. The van der Waals surface area contributed by atoms with Crippen molar-refractivity contribution in [2.75, 3.05) is 7.11 Å². The van der Waals surface area contributed by atoms with Gasteiger partial charge in [0.25, 0.3) is 0 Å². The van der Waals surface area contributed by atoms with Crippen LogP contribution in [0.15, 0.2) is 30.3 Å². The molecular weight excluding hydrogens is 260 g/mol. The number of carbonyl (C=O) groups is 3. The predicted molar refractivity (Wildman–Crippen MR) is 72.7 cm³/mol. The number of methoxy groups -OCH3 is 1. The van der Waals surface area contributed by atoms with Crippen LogP contribution < -0.4 is 11.1 Å². The maximum absolute atomic E-state index is 11.9. The average molecular weight is 278 g/mol. The molecule has 1 unspecified atom stereocenters. The Morgan fingerprint density at radius 3 is 2.35 bits per heavy atom. The maximum atomic E-state index is 11.9. The molecular formula is C14H18N2O4. The molecule has 0 fully saturated rings. The standard InChI is InChI=1S/C14H18N2O4/c1-9(15)13(18)12(14(19)20-2)16-11(17)8-10-6-4-3-5-7-10/h3-7,9,12H,8,15H2,1-2H3,(H,16,17)/t9-,12?/m0/s1. The van der Waals surface area contributed by atoms with E-state index in [9.17, 15) is 14.4 Å². The molecule has 0 radical (unpaired) electrons. The fourth-order valence-electron chi connectivity index (χ4n) is 1.62. The minimum Gasteiger partial charge on any atom is -0.467 e. The van der Waals surface area contributed by atoms with E-state index < -0.39 is 29.7 Å². The number of hydrogen-bond donors (Lipinski definition) is 2. The van der Waals surface area contributed by atoms with Gasteiger partial charge in [-0.15, -0.1) is 0 Å². The van der Waals surface area contributed by atoms with Crippen LogP contribution in [0.5, 0.6) is 0 Å². The van der Waals surface area contributed by atoms with Crippen LogP contribution in [-0.4, -0.2) is 36.9 Å². The summed E-state index contributed by atoms with van der Waals surface area (Å²) in [5.74, 6) is -1.85. The molecule has 0 aliphatic heterocycles. The summed E-state index contributed by atoms with van der Waals surface area (Å²) in [6, 6.07) is 6.76. The number of esters is 1. The lowest BCUT2D eigenvalue weighted by Crippen LogP contribution is -2.52. The molecule has 0 aliphatic carbocycles. The number of nitrogens with one attached hydrogen (secondary N) is 1. The lowest BCUT2D eigenvalue weighted by molar-refractivity contribution is -0.148. The van der Waals surface area contributed by atoms with Crippen molar-refractivity contribution in [2.45, 2.75) is 25.4 Å². The number of nitrogens with two attached hydrogens (primary N) is 1. The fraction of sp³-hybridized carbons (Fsp3) is 0.357. The summed E-state index contributed by atoms with van der Waals surface area (Å²) in [6.07, 6.45) is 0.0700. The van der Waals surface area contributed by atoms with Crippen molar-refractivity contribution in [3.63, 3.8) is 0 Å². The van der Waals surface area contributed by atoms with E-state index in [-0.39, 0.29) is 6.42 Å². The van der Waals surface area contributed by atoms with Gasteiger partial charge in [-0.1, -0.05) is 30.3 Å². The lowest BCUT2D eigenvalue weighted by Gasteiger charge is -2.17. The summed E-state index contributed by atoms with van der Waals surface area (Å²) in [5, 5.41) is 2.35. The molecule has 0 saturated carbocycles. The van der Waals surface area contributed by atoms with Gasteiger partial charge in [0.1, 0.15) is 0 Å². The van der Waals surface area contributed by atoms with Gasteiger partial charge in [-0.2, -0.15) is 0 Å². The molecule has 6 nitrogen and oxygen atoms in total.